The molecule has 0 aromatic carbocycles. The number of aromatic nitrogens is 3. The Morgan fingerprint density at radius 1 is 1.21 bits per heavy atom. The summed E-state index contributed by atoms with van der Waals surface area (Å²) in [5.41, 5.74) is 6.85. The quantitative estimate of drug-likeness (QED) is 0.462. The van der Waals surface area contributed by atoms with Gasteiger partial charge in [0.1, 0.15) is 15.7 Å². The molecule has 1 aliphatic rings. The average molecular weight is 439 g/mol. The number of rotatable bonds is 9. The number of anilines is 1. The van der Waals surface area contributed by atoms with Gasteiger partial charge in [-0.3, -0.25) is 0 Å². The predicted octanol–water partition coefficient (Wildman–Crippen LogP) is 4.03. The van der Waals surface area contributed by atoms with Crippen molar-refractivity contribution in [2.75, 3.05) is 18.9 Å². The minimum absolute atomic E-state index is 0.225. The molecule has 0 spiro atoms. The SMILES string of the molecule is CCOC(=O)c1sc(N)c(C(=O)OCC)c1CSc1nnc(C(C)C)n1C1CC1. The van der Waals surface area contributed by atoms with E-state index < -0.39 is 11.9 Å². The molecule has 0 bridgehead atoms. The smallest absolute Gasteiger partial charge is 0.348 e. The molecular weight excluding hydrogens is 412 g/mol. The molecule has 2 aromatic rings. The van der Waals surface area contributed by atoms with Crippen molar-refractivity contribution in [2.24, 2.45) is 0 Å². The first kappa shape index (κ1) is 21.6. The van der Waals surface area contributed by atoms with Crippen LogP contribution in [0.5, 0.6) is 0 Å². The average Bonchev–Trinajstić information content (AvgIpc) is 3.32. The van der Waals surface area contributed by atoms with Crippen LogP contribution in [-0.4, -0.2) is 39.9 Å². The molecule has 8 nitrogen and oxygen atoms in total. The lowest BCUT2D eigenvalue weighted by molar-refractivity contribution is 0.0527. The predicted molar refractivity (Wildman–Crippen MR) is 113 cm³/mol. The zero-order chi connectivity index (χ0) is 21.1. The molecule has 1 saturated carbocycles. The van der Waals surface area contributed by atoms with E-state index in [4.69, 9.17) is 15.2 Å². The normalized spacial score (nSPS) is 13.7. The topological polar surface area (TPSA) is 109 Å². The summed E-state index contributed by atoms with van der Waals surface area (Å²) >= 11 is 2.50. The van der Waals surface area contributed by atoms with E-state index in [2.05, 4.69) is 28.6 Å². The van der Waals surface area contributed by atoms with E-state index in [1.807, 2.05) is 0 Å². The molecule has 29 heavy (non-hydrogen) atoms. The van der Waals surface area contributed by atoms with Crippen molar-refractivity contribution < 1.29 is 19.1 Å². The molecule has 0 radical (unpaired) electrons. The summed E-state index contributed by atoms with van der Waals surface area (Å²) in [7, 11) is 0. The number of carbonyl (C=O) groups is 2. The van der Waals surface area contributed by atoms with Crippen LogP contribution >= 0.6 is 23.1 Å². The van der Waals surface area contributed by atoms with Gasteiger partial charge in [0, 0.05) is 23.3 Å². The molecule has 1 fully saturated rings. The minimum Gasteiger partial charge on any atom is -0.462 e. The third-order valence-corrected chi connectivity index (χ3v) is 6.45. The number of carbonyl (C=O) groups excluding carboxylic acids is 2. The van der Waals surface area contributed by atoms with E-state index in [0.29, 0.717) is 22.2 Å². The number of ether oxygens (including phenoxy) is 2. The van der Waals surface area contributed by atoms with Gasteiger partial charge in [-0.2, -0.15) is 0 Å². The van der Waals surface area contributed by atoms with Crippen molar-refractivity contribution >= 4 is 40.0 Å². The van der Waals surface area contributed by atoms with E-state index in [1.54, 1.807) is 13.8 Å². The fourth-order valence-electron chi connectivity index (χ4n) is 3.00. The third-order valence-electron chi connectivity index (χ3n) is 4.44. The third kappa shape index (κ3) is 4.58. The summed E-state index contributed by atoms with van der Waals surface area (Å²) in [5, 5.41) is 9.75. The van der Waals surface area contributed by atoms with E-state index in [9.17, 15) is 9.59 Å². The molecule has 0 amide bonds. The highest BCUT2D eigenvalue weighted by molar-refractivity contribution is 7.98. The monoisotopic (exact) mass is 438 g/mol. The first-order chi connectivity index (χ1) is 13.9. The van der Waals surface area contributed by atoms with Gasteiger partial charge in [0.2, 0.25) is 0 Å². The fraction of sp³-hybridized carbons (Fsp3) is 0.579. The van der Waals surface area contributed by atoms with E-state index >= 15 is 0 Å². The van der Waals surface area contributed by atoms with Crippen LogP contribution in [0.25, 0.3) is 0 Å². The van der Waals surface area contributed by atoms with Crippen LogP contribution in [0.1, 0.15) is 83.9 Å². The second-order valence-corrected chi connectivity index (χ2v) is 8.97. The Morgan fingerprint density at radius 3 is 2.45 bits per heavy atom. The number of esters is 2. The Bertz CT molecular complexity index is 902. The molecule has 2 heterocycles. The van der Waals surface area contributed by atoms with Crippen LogP contribution in [0, 0.1) is 0 Å². The van der Waals surface area contributed by atoms with Gasteiger partial charge < -0.3 is 19.8 Å². The lowest BCUT2D eigenvalue weighted by atomic mass is 10.1. The highest BCUT2D eigenvalue weighted by Gasteiger charge is 2.32. The van der Waals surface area contributed by atoms with E-state index in [0.717, 1.165) is 35.2 Å². The molecule has 0 saturated heterocycles. The molecule has 10 heteroatoms. The zero-order valence-electron chi connectivity index (χ0n) is 17.1. The highest BCUT2D eigenvalue weighted by atomic mass is 32.2. The van der Waals surface area contributed by atoms with Crippen LogP contribution in [0.15, 0.2) is 5.16 Å². The number of nitrogen functional groups attached to an aromatic ring is 1. The Labute approximate surface area is 178 Å². The number of nitrogens with zero attached hydrogens (tertiary/aromatic N) is 3. The number of hydrogen-bond acceptors (Lipinski definition) is 9. The molecule has 1 aliphatic carbocycles. The van der Waals surface area contributed by atoms with Crippen molar-refractivity contribution in [3.8, 4) is 0 Å². The first-order valence-electron chi connectivity index (χ1n) is 9.71. The Hall–Kier alpha value is -2.07. The lowest BCUT2D eigenvalue weighted by Gasteiger charge is -2.11. The van der Waals surface area contributed by atoms with Gasteiger partial charge in [0.05, 0.1) is 18.8 Å². The second-order valence-electron chi connectivity index (χ2n) is 6.98. The standard InChI is InChI=1S/C19H26N4O4S2/c1-5-26-17(24)13-12(14(29-15(13)20)18(25)27-6-2)9-28-19-22-21-16(10(3)4)23(19)11-7-8-11/h10-11H,5-9,20H2,1-4H3. The Morgan fingerprint density at radius 2 is 1.86 bits per heavy atom. The summed E-state index contributed by atoms with van der Waals surface area (Å²) in [6.07, 6.45) is 2.22. The Kier molecular flexibility index (Phi) is 6.84. The maximum absolute atomic E-state index is 12.5. The van der Waals surface area contributed by atoms with Crippen LogP contribution in [0.2, 0.25) is 0 Å². The highest BCUT2D eigenvalue weighted by Crippen LogP contribution is 2.42. The molecule has 0 aliphatic heterocycles. The summed E-state index contributed by atoms with van der Waals surface area (Å²) in [5.74, 6) is 0.551. The number of hydrogen-bond donors (Lipinski definition) is 1. The molecule has 0 unspecified atom stereocenters. The molecule has 3 rings (SSSR count). The maximum Gasteiger partial charge on any atom is 0.348 e. The maximum atomic E-state index is 12.5. The van der Waals surface area contributed by atoms with Crippen LogP contribution in [0.4, 0.5) is 5.00 Å². The van der Waals surface area contributed by atoms with Crippen molar-refractivity contribution in [3.63, 3.8) is 0 Å². The van der Waals surface area contributed by atoms with Gasteiger partial charge in [-0.25, -0.2) is 9.59 Å². The van der Waals surface area contributed by atoms with Crippen molar-refractivity contribution in [1.82, 2.24) is 14.8 Å². The lowest BCUT2D eigenvalue weighted by Crippen LogP contribution is -2.11. The summed E-state index contributed by atoms with van der Waals surface area (Å²) in [4.78, 5) is 25.3. The number of thiophene rings is 1. The second kappa shape index (κ2) is 9.17. The van der Waals surface area contributed by atoms with Crippen LogP contribution in [0.3, 0.4) is 0 Å². The summed E-state index contributed by atoms with van der Waals surface area (Å²) < 4.78 is 12.5. The van der Waals surface area contributed by atoms with Gasteiger partial charge in [0.25, 0.3) is 0 Å². The first-order valence-corrected chi connectivity index (χ1v) is 11.5. The minimum atomic E-state index is -0.529. The van der Waals surface area contributed by atoms with Crippen LogP contribution in [-0.2, 0) is 15.2 Å². The number of thioether (sulfide) groups is 1. The van der Waals surface area contributed by atoms with E-state index in [-0.39, 0.29) is 29.7 Å². The largest absolute Gasteiger partial charge is 0.462 e. The molecular formula is C19H26N4O4S2. The van der Waals surface area contributed by atoms with E-state index in [1.165, 1.54) is 11.8 Å². The van der Waals surface area contributed by atoms with Crippen molar-refractivity contribution in [2.45, 2.75) is 63.4 Å². The van der Waals surface area contributed by atoms with Gasteiger partial charge in [0.15, 0.2) is 5.16 Å². The van der Waals surface area contributed by atoms with Crippen molar-refractivity contribution in [3.05, 3.63) is 21.8 Å². The molecule has 0 atom stereocenters. The summed E-state index contributed by atoms with van der Waals surface area (Å²) in [6, 6.07) is 0.423. The zero-order valence-corrected chi connectivity index (χ0v) is 18.7. The van der Waals surface area contributed by atoms with Crippen molar-refractivity contribution in [1.29, 1.82) is 0 Å². The Balaban J connectivity index is 1.93. The molecule has 2 aromatic heterocycles. The van der Waals surface area contributed by atoms with Gasteiger partial charge in [-0.15, -0.1) is 21.5 Å². The van der Waals surface area contributed by atoms with Crippen LogP contribution < -0.4 is 5.73 Å². The number of nitrogens with two attached hydrogens (primary N) is 1. The fourth-order valence-corrected chi connectivity index (χ4v) is 5.11. The molecule has 2 N–H and O–H groups in total. The van der Waals surface area contributed by atoms with Gasteiger partial charge >= 0.3 is 11.9 Å². The summed E-state index contributed by atoms with van der Waals surface area (Å²) in [6.45, 7) is 8.12. The molecule has 158 valence electrons. The van der Waals surface area contributed by atoms with Gasteiger partial charge in [-0.05, 0) is 26.7 Å². The van der Waals surface area contributed by atoms with Gasteiger partial charge in [-0.1, -0.05) is 25.6 Å².